The van der Waals surface area contributed by atoms with Crippen molar-refractivity contribution in [3.63, 3.8) is 0 Å². The number of hydrogen-bond donors (Lipinski definition) is 1. The minimum Gasteiger partial charge on any atom is -0.476 e. The predicted octanol–water partition coefficient (Wildman–Crippen LogP) is 3.61. The molecule has 0 aliphatic rings. The van der Waals surface area contributed by atoms with Gasteiger partial charge in [-0.3, -0.25) is 0 Å². The molecular formula is C17H14N2O2. The summed E-state index contributed by atoms with van der Waals surface area (Å²) in [5.41, 5.74) is 3.59. The third-order valence-electron chi connectivity index (χ3n) is 3.44. The number of nitrogens with zero attached hydrogens (tertiary/aromatic N) is 2. The van der Waals surface area contributed by atoms with E-state index in [4.69, 9.17) is 0 Å². The summed E-state index contributed by atoms with van der Waals surface area (Å²) in [4.78, 5) is 20.3. The average molecular weight is 278 g/mol. The number of carboxylic acids is 1. The highest BCUT2D eigenvalue weighted by molar-refractivity contribution is 6.01. The second-order valence-corrected chi connectivity index (χ2v) is 5.04. The number of aryl methyl sites for hydroxylation is 2. The number of aromatic carboxylic acids is 1. The molecular weight excluding hydrogens is 264 g/mol. The molecule has 0 atom stereocenters. The molecule has 1 N–H and O–H groups in total. The molecule has 3 aromatic rings. The summed E-state index contributed by atoms with van der Waals surface area (Å²) in [7, 11) is 0. The van der Waals surface area contributed by atoms with Crippen molar-refractivity contribution < 1.29 is 9.90 Å². The zero-order valence-corrected chi connectivity index (χ0v) is 11.8. The topological polar surface area (TPSA) is 63.1 Å². The lowest BCUT2D eigenvalue weighted by molar-refractivity contribution is 0.0693. The van der Waals surface area contributed by atoms with Crippen LogP contribution in [0.3, 0.4) is 0 Å². The van der Waals surface area contributed by atoms with E-state index < -0.39 is 5.97 Å². The van der Waals surface area contributed by atoms with Crippen LogP contribution in [0.5, 0.6) is 0 Å². The SMILES string of the molecule is Cc1ccc2c(C(=O)O)nc(-c3ccccc3C)nc2c1. The molecule has 0 saturated heterocycles. The van der Waals surface area contributed by atoms with Gasteiger partial charge in [0.05, 0.1) is 5.52 Å². The quantitative estimate of drug-likeness (QED) is 0.777. The number of carbonyl (C=O) groups is 1. The Morgan fingerprint density at radius 3 is 2.52 bits per heavy atom. The third-order valence-corrected chi connectivity index (χ3v) is 3.44. The van der Waals surface area contributed by atoms with Crippen molar-refractivity contribution in [2.45, 2.75) is 13.8 Å². The monoisotopic (exact) mass is 278 g/mol. The Balaban J connectivity index is 2.35. The number of aromatic nitrogens is 2. The summed E-state index contributed by atoms with van der Waals surface area (Å²) in [5.74, 6) is -0.593. The number of hydrogen-bond acceptors (Lipinski definition) is 3. The molecule has 1 heterocycles. The molecule has 0 bridgehead atoms. The van der Waals surface area contributed by atoms with Gasteiger partial charge in [-0.15, -0.1) is 0 Å². The Morgan fingerprint density at radius 1 is 1.05 bits per heavy atom. The number of carboxylic acid groups (broad SMARTS) is 1. The molecule has 0 unspecified atom stereocenters. The number of rotatable bonds is 2. The van der Waals surface area contributed by atoms with Gasteiger partial charge in [-0.25, -0.2) is 14.8 Å². The van der Waals surface area contributed by atoms with Crippen molar-refractivity contribution in [1.29, 1.82) is 0 Å². The van der Waals surface area contributed by atoms with Crippen molar-refractivity contribution in [2.24, 2.45) is 0 Å². The maximum atomic E-state index is 11.5. The van der Waals surface area contributed by atoms with Crippen LogP contribution in [0.1, 0.15) is 21.6 Å². The zero-order chi connectivity index (χ0) is 15.0. The van der Waals surface area contributed by atoms with Crippen LogP contribution >= 0.6 is 0 Å². The molecule has 1 aromatic heterocycles. The van der Waals surface area contributed by atoms with Gasteiger partial charge in [0.25, 0.3) is 0 Å². The first-order valence-corrected chi connectivity index (χ1v) is 6.64. The Hall–Kier alpha value is -2.75. The second-order valence-electron chi connectivity index (χ2n) is 5.04. The van der Waals surface area contributed by atoms with Crippen LogP contribution in [0, 0.1) is 13.8 Å². The van der Waals surface area contributed by atoms with E-state index in [2.05, 4.69) is 9.97 Å². The van der Waals surface area contributed by atoms with Gasteiger partial charge in [-0.2, -0.15) is 0 Å². The van der Waals surface area contributed by atoms with E-state index in [9.17, 15) is 9.90 Å². The minimum absolute atomic E-state index is 0.0400. The Bertz CT molecular complexity index is 857. The van der Waals surface area contributed by atoms with Crippen molar-refractivity contribution in [3.8, 4) is 11.4 Å². The zero-order valence-electron chi connectivity index (χ0n) is 11.8. The van der Waals surface area contributed by atoms with Crippen LogP contribution in [0.15, 0.2) is 42.5 Å². The Labute approximate surface area is 122 Å². The largest absolute Gasteiger partial charge is 0.476 e. The molecule has 0 spiro atoms. The molecule has 2 aromatic carbocycles. The highest BCUT2D eigenvalue weighted by Crippen LogP contribution is 2.24. The standard InChI is InChI=1S/C17H14N2O2/c1-10-7-8-13-14(9-10)18-16(19-15(13)17(20)21)12-6-4-3-5-11(12)2/h3-9H,1-2H3,(H,20,21). The van der Waals surface area contributed by atoms with Gasteiger partial charge in [0.1, 0.15) is 0 Å². The van der Waals surface area contributed by atoms with Crippen LogP contribution in [-0.2, 0) is 0 Å². The van der Waals surface area contributed by atoms with Gasteiger partial charge < -0.3 is 5.11 Å². The Kier molecular flexibility index (Phi) is 3.14. The van der Waals surface area contributed by atoms with Gasteiger partial charge in [-0.05, 0) is 31.0 Å². The van der Waals surface area contributed by atoms with E-state index in [1.165, 1.54) is 0 Å². The van der Waals surface area contributed by atoms with Crippen LogP contribution in [0.2, 0.25) is 0 Å². The molecule has 4 heteroatoms. The first-order valence-electron chi connectivity index (χ1n) is 6.64. The highest BCUT2D eigenvalue weighted by atomic mass is 16.4. The van der Waals surface area contributed by atoms with E-state index in [-0.39, 0.29) is 5.69 Å². The van der Waals surface area contributed by atoms with E-state index in [0.717, 1.165) is 16.7 Å². The first-order chi connectivity index (χ1) is 10.1. The average Bonchev–Trinajstić information content (AvgIpc) is 2.46. The first kappa shape index (κ1) is 13.2. The number of benzene rings is 2. The second kappa shape index (κ2) is 4.98. The Morgan fingerprint density at radius 2 is 1.81 bits per heavy atom. The van der Waals surface area contributed by atoms with Gasteiger partial charge in [0.15, 0.2) is 11.5 Å². The van der Waals surface area contributed by atoms with Crippen molar-refractivity contribution >= 4 is 16.9 Å². The van der Waals surface area contributed by atoms with Gasteiger partial charge in [0.2, 0.25) is 0 Å². The summed E-state index contributed by atoms with van der Waals surface area (Å²) in [6.07, 6.45) is 0. The highest BCUT2D eigenvalue weighted by Gasteiger charge is 2.15. The van der Waals surface area contributed by atoms with Crippen molar-refractivity contribution in [2.75, 3.05) is 0 Å². The van der Waals surface area contributed by atoms with Gasteiger partial charge >= 0.3 is 5.97 Å². The van der Waals surface area contributed by atoms with E-state index in [1.807, 2.05) is 50.2 Å². The lowest BCUT2D eigenvalue weighted by Crippen LogP contribution is -2.05. The van der Waals surface area contributed by atoms with Crippen LogP contribution in [-0.4, -0.2) is 21.0 Å². The lowest BCUT2D eigenvalue weighted by Gasteiger charge is -2.08. The van der Waals surface area contributed by atoms with Crippen LogP contribution < -0.4 is 0 Å². The molecule has 0 fully saturated rings. The normalized spacial score (nSPS) is 10.8. The van der Waals surface area contributed by atoms with E-state index in [1.54, 1.807) is 6.07 Å². The summed E-state index contributed by atoms with van der Waals surface area (Å²) >= 11 is 0. The fraction of sp³-hybridized carbons (Fsp3) is 0.118. The molecule has 0 aliphatic carbocycles. The molecule has 0 saturated carbocycles. The predicted molar refractivity (Wildman–Crippen MR) is 81.4 cm³/mol. The third kappa shape index (κ3) is 2.36. The van der Waals surface area contributed by atoms with Gasteiger partial charge in [0, 0.05) is 10.9 Å². The molecule has 104 valence electrons. The fourth-order valence-electron chi connectivity index (χ4n) is 2.35. The van der Waals surface area contributed by atoms with Gasteiger partial charge in [-0.1, -0.05) is 36.4 Å². The van der Waals surface area contributed by atoms with E-state index >= 15 is 0 Å². The molecule has 0 radical (unpaired) electrons. The fourth-order valence-corrected chi connectivity index (χ4v) is 2.35. The maximum Gasteiger partial charge on any atom is 0.355 e. The van der Waals surface area contributed by atoms with Crippen molar-refractivity contribution in [1.82, 2.24) is 9.97 Å². The molecule has 3 rings (SSSR count). The van der Waals surface area contributed by atoms with Crippen molar-refractivity contribution in [3.05, 3.63) is 59.3 Å². The molecule has 4 nitrogen and oxygen atoms in total. The summed E-state index contributed by atoms with van der Waals surface area (Å²) in [6.45, 7) is 3.91. The molecule has 21 heavy (non-hydrogen) atoms. The molecule has 0 aliphatic heterocycles. The molecule has 0 amide bonds. The number of fused-ring (bicyclic) bond motifs is 1. The van der Waals surface area contributed by atoms with Crippen LogP contribution in [0.4, 0.5) is 0 Å². The smallest absolute Gasteiger partial charge is 0.355 e. The maximum absolute atomic E-state index is 11.5. The van der Waals surface area contributed by atoms with Crippen LogP contribution in [0.25, 0.3) is 22.3 Å². The summed E-state index contributed by atoms with van der Waals surface area (Å²) in [6, 6.07) is 13.2. The summed E-state index contributed by atoms with van der Waals surface area (Å²) < 4.78 is 0. The summed E-state index contributed by atoms with van der Waals surface area (Å²) in [5, 5.41) is 9.96. The van der Waals surface area contributed by atoms with E-state index in [0.29, 0.717) is 16.7 Å². The minimum atomic E-state index is -1.04. The lowest BCUT2D eigenvalue weighted by atomic mass is 10.1.